The zero-order valence-electron chi connectivity index (χ0n) is 8.07. The quantitative estimate of drug-likeness (QED) is 0.733. The molecule has 0 saturated carbocycles. The lowest BCUT2D eigenvalue weighted by Crippen LogP contribution is -1.93. The highest BCUT2D eigenvalue weighted by atomic mass is 15.0. The smallest absolute Gasteiger partial charge is 0.219 e. The van der Waals surface area contributed by atoms with E-state index in [0.29, 0.717) is 0 Å². The molecule has 1 aromatic rings. The fourth-order valence-corrected chi connectivity index (χ4v) is 1.05. The van der Waals surface area contributed by atoms with Crippen LogP contribution in [0.25, 0.3) is 6.08 Å². The first-order valence-corrected chi connectivity index (χ1v) is 4.44. The van der Waals surface area contributed by atoms with Crippen molar-refractivity contribution >= 4 is 12.0 Å². The summed E-state index contributed by atoms with van der Waals surface area (Å²) < 4.78 is 0. The largest absolute Gasteiger partial charge is 0.368 e. The van der Waals surface area contributed by atoms with Crippen LogP contribution in [-0.2, 0) is 0 Å². The van der Waals surface area contributed by atoms with E-state index in [4.69, 9.17) is 11.0 Å². The van der Waals surface area contributed by atoms with Crippen molar-refractivity contribution in [3.63, 3.8) is 0 Å². The molecule has 1 heterocycles. The number of hydrogen-bond donors (Lipinski definition) is 1. The monoisotopic (exact) mass is 188 g/mol. The van der Waals surface area contributed by atoms with Gasteiger partial charge in [-0.25, -0.2) is 9.97 Å². The van der Waals surface area contributed by atoms with Gasteiger partial charge in [0, 0.05) is 23.5 Å². The van der Waals surface area contributed by atoms with Gasteiger partial charge in [0.15, 0.2) is 0 Å². The van der Waals surface area contributed by atoms with Crippen molar-refractivity contribution in [1.29, 1.82) is 5.26 Å². The van der Waals surface area contributed by atoms with E-state index in [-0.39, 0.29) is 5.95 Å². The second kappa shape index (κ2) is 4.97. The Balaban J connectivity index is 2.85. The second-order valence-corrected chi connectivity index (χ2v) is 2.91. The number of nitrogens with two attached hydrogens (primary N) is 1. The maximum Gasteiger partial charge on any atom is 0.219 e. The molecule has 0 aromatic carbocycles. The normalized spacial score (nSPS) is 11.0. The van der Waals surface area contributed by atoms with Crippen molar-refractivity contribution < 1.29 is 0 Å². The van der Waals surface area contributed by atoms with E-state index in [1.54, 1.807) is 18.5 Å². The van der Waals surface area contributed by atoms with E-state index < -0.39 is 0 Å². The second-order valence-electron chi connectivity index (χ2n) is 2.91. The third-order valence-corrected chi connectivity index (χ3v) is 1.70. The van der Waals surface area contributed by atoms with Crippen LogP contribution in [0.5, 0.6) is 0 Å². The molecule has 2 N–H and O–H groups in total. The number of allylic oxidation sites excluding steroid dienone is 1. The Morgan fingerprint density at radius 2 is 2.21 bits per heavy atom. The van der Waals surface area contributed by atoms with E-state index in [2.05, 4.69) is 16.0 Å². The van der Waals surface area contributed by atoms with Crippen LogP contribution in [0.15, 0.2) is 18.0 Å². The molecule has 0 atom stereocenters. The summed E-state index contributed by atoms with van der Waals surface area (Å²) in [5, 5.41) is 8.79. The van der Waals surface area contributed by atoms with Gasteiger partial charge in [-0.3, -0.25) is 0 Å². The number of nitrogen functional groups attached to an aromatic ring is 1. The van der Waals surface area contributed by atoms with Gasteiger partial charge in [0.1, 0.15) is 0 Å². The number of nitriles is 1. The van der Waals surface area contributed by atoms with Crippen molar-refractivity contribution in [3.8, 4) is 6.07 Å². The van der Waals surface area contributed by atoms with Gasteiger partial charge < -0.3 is 5.73 Å². The molecule has 72 valence electrons. The topological polar surface area (TPSA) is 75.6 Å². The minimum atomic E-state index is 0.246. The summed E-state index contributed by atoms with van der Waals surface area (Å²) in [5.41, 5.74) is 6.89. The van der Waals surface area contributed by atoms with Crippen LogP contribution in [0, 0.1) is 11.3 Å². The van der Waals surface area contributed by atoms with Crippen LogP contribution in [0.4, 0.5) is 5.95 Å². The average Bonchev–Trinajstić information content (AvgIpc) is 2.20. The Hall–Kier alpha value is -1.89. The average molecular weight is 188 g/mol. The van der Waals surface area contributed by atoms with E-state index in [1.165, 1.54) is 0 Å². The molecule has 0 aliphatic rings. The fourth-order valence-electron chi connectivity index (χ4n) is 1.05. The summed E-state index contributed by atoms with van der Waals surface area (Å²) in [6.07, 6.45) is 6.73. The summed E-state index contributed by atoms with van der Waals surface area (Å²) in [6.45, 7) is 2.03. The third-order valence-electron chi connectivity index (χ3n) is 1.70. The van der Waals surface area contributed by atoms with Crippen LogP contribution in [0.3, 0.4) is 0 Å². The van der Waals surface area contributed by atoms with Gasteiger partial charge in [0.05, 0.1) is 6.07 Å². The molecule has 14 heavy (non-hydrogen) atoms. The van der Waals surface area contributed by atoms with Crippen LogP contribution < -0.4 is 5.73 Å². The maximum absolute atomic E-state index is 8.79. The van der Waals surface area contributed by atoms with Gasteiger partial charge in [0.2, 0.25) is 5.95 Å². The van der Waals surface area contributed by atoms with Crippen molar-refractivity contribution in [1.82, 2.24) is 9.97 Å². The molecule has 0 fully saturated rings. The Kier molecular flexibility index (Phi) is 3.62. The first-order valence-electron chi connectivity index (χ1n) is 4.44. The van der Waals surface area contributed by atoms with E-state index in [1.807, 2.05) is 6.92 Å². The Morgan fingerprint density at radius 1 is 1.57 bits per heavy atom. The minimum absolute atomic E-state index is 0.246. The Labute approximate surface area is 83.1 Å². The van der Waals surface area contributed by atoms with Crippen molar-refractivity contribution in [2.45, 2.75) is 19.8 Å². The zero-order valence-corrected chi connectivity index (χ0v) is 8.07. The summed E-state index contributed by atoms with van der Waals surface area (Å²) >= 11 is 0. The Morgan fingerprint density at radius 3 is 2.71 bits per heavy atom. The van der Waals surface area contributed by atoms with Crippen LogP contribution in [0.1, 0.15) is 25.3 Å². The molecule has 1 rings (SSSR count). The number of anilines is 1. The zero-order chi connectivity index (χ0) is 10.4. The third kappa shape index (κ3) is 2.87. The molecule has 0 spiro atoms. The van der Waals surface area contributed by atoms with Gasteiger partial charge in [-0.1, -0.05) is 13.3 Å². The number of rotatable bonds is 3. The molecule has 0 aliphatic carbocycles. The summed E-state index contributed by atoms with van der Waals surface area (Å²) in [5.74, 6) is 0.246. The molecule has 0 saturated heterocycles. The summed E-state index contributed by atoms with van der Waals surface area (Å²) in [6, 6.07) is 2.14. The molecule has 4 heteroatoms. The van der Waals surface area contributed by atoms with Gasteiger partial charge >= 0.3 is 0 Å². The SMILES string of the molecule is CCC/C(C#N)=C\c1cnc(N)nc1. The lowest BCUT2D eigenvalue weighted by Gasteiger charge is -1.96. The summed E-state index contributed by atoms with van der Waals surface area (Å²) in [7, 11) is 0. The van der Waals surface area contributed by atoms with Gasteiger partial charge in [-0.15, -0.1) is 0 Å². The van der Waals surface area contributed by atoms with E-state index in [0.717, 1.165) is 24.0 Å². The molecular formula is C10H12N4. The van der Waals surface area contributed by atoms with Crippen molar-refractivity contribution in [2.75, 3.05) is 5.73 Å². The molecule has 0 amide bonds. The van der Waals surface area contributed by atoms with Crippen LogP contribution >= 0.6 is 0 Å². The Bertz CT molecular complexity index is 359. The van der Waals surface area contributed by atoms with Gasteiger partial charge in [-0.05, 0) is 12.5 Å². The van der Waals surface area contributed by atoms with E-state index in [9.17, 15) is 0 Å². The lowest BCUT2D eigenvalue weighted by molar-refractivity contribution is 0.934. The predicted molar refractivity (Wildman–Crippen MR) is 54.9 cm³/mol. The van der Waals surface area contributed by atoms with Crippen molar-refractivity contribution in [2.24, 2.45) is 0 Å². The highest BCUT2D eigenvalue weighted by Gasteiger charge is 1.95. The lowest BCUT2D eigenvalue weighted by atomic mass is 10.1. The first kappa shape index (κ1) is 10.2. The number of aromatic nitrogens is 2. The summed E-state index contributed by atoms with van der Waals surface area (Å²) in [4.78, 5) is 7.68. The predicted octanol–water partition coefficient (Wildman–Crippen LogP) is 1.77. The molecular weight excluding hydrogens is 176 g/mol. The fraction of sp³-hybridized carbons (Fsp3) is 0.300. The highest BCUT2D eigenvalue weighted by molar-refractivity contribution is 5.55. The molecule has 0 bridgehead atoms. The van der Waals surface area contributed by atoms with Crippen molar-refractivity contribution in [3.05, 3.63) is 23.5 Å². The van der Waals surface area contributed by atoms with Gasteiger partial charge in [-0.2, -0.15) is 5.26 Å². The number of hydrogen-bond acceptors (Lipinski definition) is 4. The van der Waals surface area contributed by atoms with Crippen LogP contribution in [0.2, 0.25) is 0 Å². The first-order chi connectivity index (χ1) is 6.76. The van der Waals surface area contributed by atoms with E-state index >= 15 is 0 Å². The molecule has 1 aromatic heterocycles. The van der Waals surface area contributed by atoms with Crippen LogP contribution in [-0.4, -0.2) is 9.97 Å². The maximum atomic E-state index is 8.79. The molecule has 4 nitrogen and oxygen atoms in total. The molecule has 0 radical (unpaired) electrons. The standard InChI is InChI=1S/C10H12N4/c1-2-3-8(5-11)4-9-6-13-10(12)14-7-9/h4,6-7H,2-3H2,1H3,(H2,12,13,14)/b8-4+. The molecule has 0 aliphatic heterocycles. The highest BCUT2D eigenvalue weighted by Crippen LogP contribution is 2.09. The minimum Gasteiger partial charge on any atom is -0.368 e. The molecule has 0 unspecified atom stereocenters. The van der Waals surface area contributed by atoms with Gasteiger partial charge in [0.25, 0.3) is 0 Å². The number of nitrogens with zero attached hydrogens (tertiary/aromatic N) is 3.